The highest BCUT2D eigenvalue weighted by Crippen LogP contribution is 2.35. The Balaban J connectivity index is 1.55. The van der Waals surface area contributed by atoms with Crippen molar-refractivity contribution >= 4 is 26.8 Å². The molecule has 0 aliphatic carbocycles. The van der Waals surface area contributed by atoms with Crippen LogP contribution in [0.4, 0.5) is 0 Å². The quantitative estimate of drug-likeness (QED) is 0.492. The molecular weight excluding hydrogens is 410 g/mol. The van der Waals surface area contributed by atoms with Crippen molar-refractivity contribution in [2.24, 2.45) is 0 Å². The van der Waals surface area contributed by atoms with Crippen molar-refractivity contribution in [3.63, 3.8) is 0 Å². The number of nitriles is 1. The van der Waals surface area contributed by atoms with Crippen molar-refractivity contribution in [1.29, 1.82) is 5.26 Å². The molecule has 0 atom stereocenters. The van der Waals surface area contributed by atoms with Crippen LogP contribution in [-0.4, -0.2) is 23.6 Å². The number of rotatable bonds is 3. The first-order chi connectivity index (χ1) is 15.0. The fourth-order valence-corrected chi connectivity index (χ4v) is 5.33. The molecule has 6 nitrogen and oxygen atoms in total. The number of hydrogen-bond acceptors (Lipinski definition) is 5. The first-order valence-electron chi connectivity index (χ1n) is 9.53. The van der Waals surface area contributed by atoms with Crippen LogP contribution in [0.25, 0.3) is 22.0 Å². The van der Waals surface area contributed by atoms with Crippen LogP contribution >= 0.6 is 0 Å². The summed E-state index contributed by atoms with van der Waals surface area (Å²) in [5.41, 5.74) is 3.64. The van der Waals surface area contributed by atoms with Gasteiger partial charge in [0.2, 0.25) is 0 Å². The summed E-state index contributed by atoms with van der Waals surface area (Å²) in [6.45, 7) is -0.0644. The maximum absolute atomic E-state index is 13.1. The number of hydrogen-bond donors (Lipinski definition) is 0. The molecule has 5 rings (SSSR count). The first-order valence-corrected chi connectivity index (χ1v) is 11.0. The molecule has 4 aromatic rings. The van der Waals surface area contributed by atoms with E-state index in [0.717, 1.165) is 20.8 Å². The van der Waals surface area contributed by atoms with Gasteiger partial charge >= 0.3 is 0 Å². The number of benzene rings is 3. The molecule has 150 valence electrons. The van der Waals surface area contributed by atoms with E-state index in [2.05, 4.69) is 11.1 Å². The Kier molecular flexibility index (Phi) is 4.31. The number of fused-ring (bicyclic) bond motifs is 2. The van der Waals surface area contributed by atoms with Gasteiger partial charge in [-0.3, -0.25) is 9.78 Å². The second kappa shape index (κ2) is 7.04. The molecule has 1 aliphatic rings. The molecule has 7 heteroatoms. The Bertz CT molecular complexity index is 1500. The van der Waals surface area contributed by atoms with Crippen LogP contribution in [0.1, 0.15) is 21.5 Å². The molecule has 0 saturated heterocycles. The number of aromatic nitrogens is 1. The van der Waals surface area contributed by atoms with E-state index in [1.165, 1.54) is 6.07 Å². The van der Waals surface area contributed by atoms with Gasteiger partial charge in [-0.1, -0.05) is 36.4 Å². The lowest BCUT2D eigenvalue weighted by Gasteiger charge is -2.16. The minimum Gasteiger partial charge on any atom is -0.268 e. The van der Waals surface area contributed by atoms with E-state index in [9.17, 15) is 13.2 Å². The van der Waals surface area contributed by atoms with Gasteiger partial charge in [0.25, 0.3) is 15.9 Å². The van der Waals surface area contributed by atoms with Crippen molar-refractivity contribution < 1.29 is 13.2 Å². The summed E-state index contributed by atoms with van der Waals surface area (Å²) in [6.07, 6.45) is 1.61. The normalized spacial score (nSPS) is 14.4. The van der Waals surface area contributed by atoms with Crippen molar-refractivity contribution in [2.75, 3.05) is 0 Å². The van der Waals surface area contributed by atoms with Crippen LogP contribution in [0, 0.1) is 11.3 Å². The molecule has 1 aromatic heterocycles. The Morgan fingerprint density at radius 1 is 0.935 bits per heavy atom. The number of carbonyl (C=O) groups excluding carboxylic acids is 1. The maximum atomic E-state index is 13.1. The number of sulfonamides is 1. The smallest absolute Gasteiger partial charge is 0.268 e. The van der Waals surface area contributed by atoms with Crippen LogP contribution < -0.4 is 0 Å². The molecule has 0 radical (unpaired) electrons. The van der Waals surface area contributed by atoms with E-state index in [4.69, 9.17) is 5.26 Å². The van der Waals surface area contributed by atoms with Gasteiger partial charge in [-0.05, 0) is 53.1 Å². The molecule has 0 saturated carbocycles. The van der Waals surface area contributed by atoms with Crippen molar-refractivity contribution in [2.45, 2.75) is 11.4 Å². The highest BCUT2D eigenvalue weighted by atomic mass is 32.2. The molecule has 0 fully saturated rings. The summed E-state index contributed by atoms with van der Waals surface area (Å²) >= 11 is 0. The minimum atomic E-state index is -3.95. The molecule has 1 amide bonds. The van der Waals surface area contributed by atoms with Gasteiger partial charge in [0.15, 0.2) is 0 Å². The summed E-state index contributed by atoms with van der Waals surface area (Å²) in [4.78, 5) is 17.4. The Labute approximate surface area is 179 Å². The van der Waals surface area contributed by atoms with Crippen LogP contribution in [0.3, 0.4) is 0 Å². The second-order valence-corrected chi connectivity index (χ2v) is 9.03. The van der Waals surface area contributed by atoms with Crippen molar-refractivity contribution in [1.82, 2.24) is 9.29 Å². The number of nitrogens with zero attached hydrogens (tertiary/aromatic N) is 3. The summed E-state index contributed by atoms with van der Waals surface area (Å²) in [5, 5.41) is 9.77. The predicted molar refractivity (Wildman–Crippen MR) is 115 cm³/mol. The molecule has 0 spiro atoms. The SMILES string of the molecule is N#Cc1ccc(-c2ccc3c(c2)C(=O)N(Cc2ccnc4ccccc24)S3(=O)=O)cc1. The number of para-hydroxylation sites is 1. The summed E-state index contributed by atoms with van der Waals surface area (Å²) in [6, 6.07) is 22.9. The van der Waals surface area contributed by atoms with E-state index < -0.39 is 15.9 Å². The van der Waals surface area contributed by atoms with Gasteiger partial charge in [0, 0.05) is 11.6 Å². The predicted octanol–water partition coefficient (Wildman–Crippen LogP) is 4.12. The molecular formula is C24H15N3O3S. The highest BCUT2D eigenvalue weighted by molar-refractivity contribution is 7.90. The van der Waals surface area contributed by atoms with E-state index in [0.29, 0.717) is 16.7 Å². The zero-order valence-electron chi connectivity index (χ0n) is 16.2. The number of carbonyl (C=O) groups is 1. The van der Waals surface area contributed by atoms with Crippen LogP contribution in [0.15, 0.2) is 83.9 Å². The van der Waals surface area contributed by atoms with Gasteiger partial charge in [0.1, 0.15) is 4.90 Å². The Hall–Kier alpha value is -4.02. The van der Waals surface area contributed by atoms with Gasteiger partial charge in [-0.2, -0.15) is 5.26 Å². The maximum Gasteiger partial charge on any atom is 0.269 e. The molecule has 0 unspecified atom stereocenters. The molecule has 3 aromatic carbocycles. The van der Waals surface area contributed by atoms with E-state index >= 15 is 0 Å². The summed E-state index contributed by atoms with van der Waals surface area (Å²) in [7, 11) is -3.95. The third kappa shape index (κ3) is 3.05. The fraction of sp³-hybridized carbons (Fsp3) is 0.0417. The topological polar surface area (TPSA) is 91.1 Å². The Morgan fingerprint density at radius 3 is 2.45 bits per heavy atom. The summed E-state index contributed by atoms with van der Waals surface area (Å²) < 4.78 is 27.2. The lowest BCUT2D eigenvalue weighted by Crippen LogP contribution is -2.29. The van der Waals surface area contributed by atoms with Crippen LogP contribution in [-0.2, 0) is 16.6 Å². The van der Waals surface area contributed by atoms with Gasteiger partial charge < -0.3 is 0 Å². The minimum absolute atomic E-state index is 0.00765. The van der Waals surface area contributed by atoms with E-state index in [1.54, 1.807) is 48.7 Å². The molecule has 1 aliphatic heterocycles. The zero-order valence-corrected chi connectivity index (χ0v) is 17.0. The fourth-order valence-electron chi connectivity index (χ4n) is 3.81. The van der Waals surface area contributed by atoms with Crippen LogP contribution in [0.5, 0.6) is 0 Å². The van der Waals surface area contributed by atoms with Gasteiger partial charge in [-0.15, -0.1) is 0 Å². The van der Waals surface area contributed by atoms with Gasteiger partial charge in [0.05, 0.1) is 29.3 Å². The lowest BCUT2D eigenvalue weighted by atomic mass is 10.0. The monoisotopic (exact) mass is 425 g/mol. The number of pyridine rings is 1. The lowest BCUT2D eigenvalue weighted by molar-refractivity contribution is 0.0865. The van der Waals surface area contributed by atoms with Crippen LogP contribution in [0.2, 0.25) is 0 Å². The molecule has 2 heterocycles. The third-order valence-corrected chi connectivity index (χ3v) is 7.19. The Morgan fingerprint density at radius 2 is 1.68 bits per heavy atom. The van der Waals surface area contributed by atoms with Crippen molar-refractivity contribution in [3.05, 3.63) is 95.7 Å². The largest absolute Gasteiger partial charge is 0.269 e. The molecule has 31 heavy (non-hydrogen) atoms. The second-order valence-electron chi connectivity index (χ2n) is 7.20. The van der Waals surface area contributed by atoms with E-state index in [-0.39, 0.29) is 17.0 Å². The number of amides is 1. The standard InChI is InChI=1S/C24H15N3O3S/c25-14-16-5-7-17(8-6-16)18-9-10-23-21(13-18)24(28)27(31(23,29)30)15-19-11-12-26-22-4-2-1-3-20(19)22/h1-13H,15H2. The van der Waals surface area contributed by atoms with Gasteiger partial charge in [-0.25, -0.2) is 12.7 Å². The highest BCUT2D eigenvalue weighted by Gasteiger charge is 2.41. The average Bonchev–Trinajstić information content (AvgIpc) is 2.99. The first kappa shape index (κ1) is 19.0. The third-order valence-electron chi connectivity index (χ3n) is 5.41. The molecule has 0 bridgehead atoms. The average molecular weight is 425 g/mol. The molecule has 0 N–H and O–H groups in total. The van der Waals surface area contributed by atoms with Crippen molar-refractivity contribution in [3.8, 4) is 17.2 Å². The van der Waals surface area contributed by atoms with E-state index in [1.807, 2.05) is 24.3 Å². The summed E-state index contributed by atoms with van der Waals surface area (Å²) in [5.74, 6) is -0.550. The zero-order chi connectivity index (χ0) is 21.6.